The van der Waals surface area contributed by atoms with Crippen LogP contribution in [0.1, 0.15) is 27.2 Å². The zero-order chi connectivity index (χ0) is 12.9. The van der Waals surface area contributed by atoms with Crippen molar-refractivity contribution in [1.29, 1.82) is 0 Å². The molecule has 1 saturated heterocycles. The number of rotatable bonds is 5. The van der Waals surface area contributed by atoms with Crippen LogP contribution in [0, 0.1) is 5.92 Å². The van der Waals surface area contributed by atoms with Gasteiger partial charge in [-0.05, 0) is 27.2 Å². The molecule has 1 fully saturated rings. The minimum atomic E-state index is -0.431. The van der Waals surface area contributed by atoms with Crippen molar-refractivity contribution in [2.45, 2.75) is 32.8 Å². The molecule has 0 spiro atoms. The molecule has 17 heavy (non-hydrogen) atoms. The van der Waals surface area contributed by atoms with Gasteiger partial charge in [0.2, 0.25) is 0 Å². The second-order valence-corrected chi connectivity index (χ2v) is 5.40. The molecule has 0 aromatic heterocycles. The van der Waals surface area contributed by atoms with Crippen LogP contribution in [0.5, 0.6) is 0 Å². The number of hydrogen-bond acceptors (Lipinski definition) is 4. The highest BCUT2D eigenvalue weighted by Crippen LogP contribution is 2.19. The molecule has 5 nitrogen and oxygen atoms in total. The summed E-state index contributed by atoms with van der Waals surface area (Å²) in [6.07, 6.45) is 0.423. The first kappa shape index (κ1) is 14.3. The Balaban J connectivity index is 2.08. The predicted octanol–water partition coefficient (Wildman–Crippen LogP) is 1.25. The normalized spacial score (nSPS) is 16.8. The van der Waals surface area contributed by atoms with Crippen LogP contribution < -0.4 is 0 Å². The lowest BCUT2D eigenvalue weighted by Gasteiger charge is -2.39. The van der Waals surface area contributed by atoms with E-state index in [1.165, 1.54) is 0 Å². The van der Waals surface area contributed by atoms with E-state index in [2.05, 4.69) is 0 Å². The Hall–Kier alpha value is -0.810. The summed E-state index contributed by atoms with van der Waals surface area (Å²) in [5, 5.41) is 8.58. The van der Waals surface area contributed by atoms with Crippen molar-refractivity contribution in [1.82, 2.24) is 4.90 Å². The Morgan fingerprint density at radius 3 is 2.59 bits per heavy atom. The van der Waals surface area contributed by atoms with Crippen LogP contribution in [-0.4, -0.2) is 54.6 Å². The molecule has 0 unspecified atom stereocenters. The smallest absolute Gasteiger partial charge is 0.410 e. The standard InChI is InChI=1S/C12H23NO4/c1-12(2,3)17-11(15)13-7-10(8-13)9-16-6-4-5-14/h10,14H,4-9H2,1-3H3. The molecule has 0 aromatic rings. The van der Waals surface area contributed by atoms with Crippen molar-refractivity contribution in [3.8, 4) is 0 Å². The lowest BCUT2D eigenvalue weighted by Crippen LogP contribution is -2.53. The topological polar surface area (TPSA) is 59.0 Å². The third-order valence-electron chi connectivity index (χ3n) is 2.41. The number of nitrogens with zero attached hydrogens (tertiary/aromatic N) is 1. The van der Waals surface area contributed by atoms with Gasteiger partial charge in [-0.2, -0.15) is 0 Å². The van der Waals surface area contributed by atoms with Crippen molar-refractivity contribution in [2.24, 2.45) is 5.92 Å². The lowest BCUT2D eigenvalue weighted by atomic mass is 10.0. The summed E-state index contributed by atoms with van der Waals surface area (Å²) in [4.78, 5) is 13.3. The quantitative estimate of drug-likeness (QED) is 0.741. The Morgan fingerprint density at radius 1 is 1.41 bits per heavy atom. The summed E-state index contributed by atoms with van der Waals surface area (Å²) in [5.41, 5.74) is -0.431. The number of aliphatic hydroxyl groups excluding tert-OH is 1. The van der Waals surface area contributed by atoms with E-state index < -0.39 is 5.60 Å². The number of aliphatic hydroxyl groups is 1. The molecule has 1 rings (SSSR count). The molecule has 0 atom stereocenters. The highest BCUT2D eigenvalue weighted by molar-refractivity contribution is 5.69. The van der Waals surface area contributed by atoms with Gasteiger partial charge in [0.25, 0.3) is 0 Å². The average molecular weight is 245 g/mol. The molecule has 0 radical (unpaired) electrons. The van der Waals surface area contributed by atoms with E-state index in [9.17, 15) is 4.79 Å². The van der Waals surface area contributed by atoms with E-state index in [0.29, 0.717) is 38.6 Å². The summed E-state index contributed by atoms with van der Waals surface area (Å²) in [6.45, 7) is 8.38. The minimum absolute atomic E-state index is 0.161. The summed E-state index contributed by atoms with van der Waals surface area (Å²) in [5.74, 6) is 0.404. The van der Waals surface area contributed by atoms with E-state index in [-0.39, 0.29) is 12.7 Å². The number of carbonyl (C=O) groups is 1. The second kappa shape index (κ2) is 6.21. The second-order valence-electron chi connectivity index (χ2n) is 5.40. The van der Waals surface area contributed by atoms with Crippen LogP contribution in [0.2, 0.25) is 0 Å². The molecule has 100 valence electrons. The van der Waals surface area contributed by atoms with Gasteiger partial charge in [-0.25, -0.2) is 4.79 Å². The van der Waals surface area contributed by atoms with Gasteiger partial charge in [0, 0.05) is 32.2 Å². The van der Waals surface area contributed by atoms with E-state index >= 15 is 0 Å². The van der Waals surface area contributed by atoms with E-state index in [4.69, 9.17) is 14.6 Å². The largest absolute Gasteiger partial charge is 0.444 e. The molecule has 0 saturated carbocycles. The fourth-order valence-corrected chi connectivity index (χ4v) is 1.57. The van der Waals surface area contributed by atoms with E-state index in [1.54, 1.807) is 4.90 Å². The Kier molecular flexibility index (Phi) is 5.21. The van der Waals surface area contributed by atoms with E-state index in [1.807, 2.05) is 20.8 Å². The van der Waals surface area contributed by atoms with Crippen molar-refractivity contribution < 1.29 is 19.4 Å². The molecule has 0 bridgehead atoms. The first-order valence-electron chi connectivity index (χ1n) is 6.09. The molecule has 0 aromatic carbocycles. The van der Waals surface area contributed by atoms with Crippen LogP contribution in [0.25, 0.3) is 0 Å². The predicted molar refractivity (Wildman–Crippen MR) is 63.8 cm³/mol. The van der Waals surface area contributed by atoms with Crippen LogP contribution in [0.15, 0.2) is 0 Å². The van der Waals surface area contributed by atoms with Crippen molar-refractivity contribution in [2.75, 3.05) is 32.9 Å². The van der Waals surface area contributed by atoms with Crippen LogP contribution in [-0.2, 0) is 9.47 Å². The molecule has 0 aliphatic carbocycles. The van der Waals surface area contributed by atoms with E-state index in [0.717, 1.165) is 0 Å². The summed E-state index contributed by atoms with van der Waals surface area (Å²) >= 11 is 0. The summed E-state index contributed by atoms with van der Waals surface area (Å²) in [6, 6.07) is 0. The zero-order valence-corrected chi connectivity index (χ0v) is 10.9. The maximum atomic E-state index is 11.6. The molecular weight excluding hydrogens is 222 g/mol. The lowest BCUT2D eigenvalue weighted by molar-refractivity contribution is -0.0212. The fraction of sp³-hybridized carbons (Fsp3) is 0.917. The van der Waals surface area contributed by atoms with Gasteiger partial charge < -0.3 is 19.5 Å². The van der Waals surface area contributed by atoms with Gasteiger partial charge in [0.05, 0.1) is 6.61 Å². The van der Waals surface area contributed by atoms with Crippen molar-refractivity contribution >= 4 is 6.09 Å². The number of carbonyl (C=O) groups excluding carboxylic acids is 1. The van der Waals surface area contributed by atoms with Gasteiger partial charge in [0.15, 0.2) is 0 Å². The van der Waals surface area contributed by atoms with Gasteiger partial charge >= 0.3 is 6.09 Å². The highest BCUT2D eigenvalue weighted by atomic mass is 16.6. The first-order chi connectivity index (χ1) is 7.92. The molecule has 1 aliphatic rings. The van der Waals surface area contributed by atoms with Crippen molar-refractivity contribution in [3.05, 3.63) is 0 Å². The minimum Gasteiger partial charge on any atom is -0.444 e. The number of amides is 1. The molecular formula is C12H23NO4. The van der Waals surface area contributed by atoms with Gasteiger partial charge in [-0.15, -0.1) is 0 Å². The van der Waals surface area contributed by atoms with Gasteiger partial charge in [-0.1, -0.05) is 0 Å². The van der Waals surface area contributed by atoms with Gasteiger partial charge in [-0.3, -0.25) is 0 Å². The maximum absolute atomic E-state index is 11.6. The van der Waals surface area contributed by atoms with Crippen LogP contribution in [0.3, 0.4) is 0 Å². The Labute approximate surface area is 103 Å². The zero-order valence-electron chi connectivity index (χ0n) is 10.9. The fourth-order valence-electron chi connectivity index (χ4n) is 1.57. The summed E-state index contributed by atoms with van der Waals surface area (Å²) < 4.78 is 10.6. The van der Waals surface area contributed by atoms with Crippen LogP contribution >= 0.6 is 0 Å². The van der Waals surface area contributed by atoms with Gasteiger partial charge in [0.1, 0.15) is 5.60 Å². The molecule has 1 amide bonds. The highest BCUT2D eigenvalue weighted by Gasteiger charge is 2.33. The first-order valence-corrected chi connectivity index (χ1v) is 6.09. The SMILES string of the molecule is CC(C)(C)OC(=O)N1CC(COCCCO)C1. The Morgan fingerprint density at radius 2 is 2.06 bits per heavy atom. The third-order valence-corrected chi connectivity index (χ3v) is 2.41. The monoisotopic (exact) mass is 245 g/mol. The molecule has 1 heterocycles. The molecule has 5 heteroatoms. The Bertz CT molecular complexity index is 243. The number of hydrogen-bond donors (Lipinski definition) is 1. The maximum Gasteiger partial charge on any atom is 0.410 e. The van der Waals surface area contributed by atoms with Crippen LogP contribution in [0.4, 0.5) is 4.79 Å². The average Bonchev–Trinajstić information content (AvgIpc) is 2.11. The molecule has 1 aliphatic heterocycles. The number of likely N-dealkylation sites (tertiary alicyclic amines) is 1. The molecule has 1 N–H and O–H groups in total. The summed E-state index contributed by atoms with van der Waals surface area (Å²) in [7, 11) is 0. The van der Waals surface area contributed by atoms with Crippen molar-refractivity contribution in [3.63, 3.8) is 0 Å². The number of ether oxygens (including phenoxy) is 2. The third kappa shape index (κ3) is 5.37.